The van der Waals surface area contributed by atoms with Crippen LogP contribution in [0.3, 0.4) is 0 Å². The molecule has 0 aliphatic carbocycles. The number of likely N-dealkylation sites (tertiary alicyclic amines) is 1. The standard InChI is InChI=1S/C33H48N6O11/c1-21(2)24-15-30(44)39(32(24)46)10-11-48-12-13-50-33(47)36-17-27(41)34-18-29(43)38-25(14-23-8-6-5-7-9-23)31(45)35-16-28(42)37-20-49-19-26(40)22(3)4/h5-9,21-22,24-25H,10-20H2,1-4H3,(H,34,41)(H,35,45)(H,36,47)(H,37,42)(H,38,43). The van der Waals surface area contributed by atoms with Crippen LogP contribution in [0.2, 0.25) is 0 Å². The van der Waals surface area contributed by atoms with E-state index in [9.17, 15) is 38.4 Å². The Morgan fingerprint density at radius 3 is 2.12 bits per heavy atom. The predicted octanol–water partition coefficient (Wildman–Crippen LogP) is -0.964. The number of carbonyl (C=O) groups excluding carboxylic acids is 8. The molecule has 0 saturated carbocycles. The van der Waals surface area contributed by atoms with Crippen molar-refractivity contribution in [1.82, 2.24) is 31.5 Å². The van der Waals surface area contributed by atoms with Gasteiger partial charge < -0.3 is 40.8 Å². The predicted molar refractivity (Wildman–Crippen MR) is 177 cm³/mol. The molecule has 1 aliphatic heterocycles. The lowest BCUT2D eigenvalue weighted by atomic mass is 9.94. The molecule has 17 heteroatoms. The van der Waals surface area contributed by atoms with E-state index in [1.54, 1.807) is 44.2 Å². The number of benzene rings is 1. The Morgan fingerprint density at radius 2 is 1.46 bits per heavy atom. The molecule has 1 aromatic carbocycles. The summed E-state index contributed by atoms with van der Waals surface area (Å²) in [5.41, 5.74) is 0.731. The van der Waals surface area contributed by atoms with Gasteiger partial charge in [-0.3, -0.25) is 38.5 Å². The number of nitrogens with one attached hydrogen (secondary N) is 5. The lowest BCUT2D eigenvalue weighted by Crippen LogP contribution is -2.52. The van der Waals surface area contributed by atoms with E-state index in [0.29, 0.717) is 0 Å². The number of rotatable bonds is 22. The van der Waals surface area contributed by atoms with Crippen molar-refractivity contribution in [3.05, 3.63) is 35.9 Å². The summed E-state index contributed by atoms with van der Waals surface area (Å²) in [4.78, 5) is 98.8. The minimum absolute atomic E-state index is 0.00103. The van der Waals surface area contributed by atoms with Crippen LogP contribution in [0.15, 0.2) is 30.3 Å². The summed E-state index contributed by atoms with van der Waals surface area (Å²) in [5, 5.41) is 12.0. The zero-order chi connectivity index (χ0) is 37.1. The van der Waals surface area contributed by atoms with E-state index in [4.69, 9.17) is 14.2 Å². The van der Waals surface area contributed by atoms with Crippen LogP contribution in [0, 0.1) is 17.8 Å². The number of Topliss-reactive ketones (excluding diaryl/α,β-unsaturated/α-hetero) is 1. The molecular formula is C33H48N6O11. The zero-order valence-corrected chi connectivity index (χ0v) is 28.9. The monoisotopic (exact) mass is 704 g/mol. The van der Waals surface area contributed by atoms with Gasteiger partial charge in [0.15, 0.2) is 5.78 Å². The van der Waals surface area contributed by atoms with Gasteiger partial charge in [0.25, 0.3) is 0 Å². The maximum absolute atomic E-state index is 12.9. The maximum atomic E-state index is 12.9. The summed E-state index contributed by atoms with van der Waals surface area (Å²) in [6, 6.07) is 7.75. The Morgan fingerprint density at radius 1 is 0.800 bits per heavy atom. The van der Waals surface area contributed by atoms with Gasteiger partial charge in [-0.15, -0.1) is 0 Å². The molecule has 0 radical (unpaired) electrons. The highest BCUT2D eigenvalue weighted by Crippen LogP contribution is 2.25. The van der Waals surface area contributed by atoms with Gasteiger partial charge in [-0.2, -0.15) is 0 Å². The third-order valence-electron chi connectivity index (χ3n) is 7.46. The summed E-state index contributed by atoms with van der Waals surface area (Å²) in [5.74, 6) is -3.65. The van der Waals surface area contributed by atoms with Crippen LogP contribution < -0.4 is 26.6 Å². The van der Waals surface area contributed by atoms with Crippen molar-refractivity contribution in [3.63, 3.8) is 0 Å². The molecule has 1 fully saturated rings. The highest BCUT2D eigenvalue weighted by Gasteiger charge is 2.39. The number of ether oxygens (including phenoxy) is 3. The fourth-order valence-corrected chi connectivity index (χ4v) is 4.47. The summed E-state index contributed by atoms with van der Waals surface area (Å²) >= 11 is 0. The summed E-state index contributed by atoms with van der Waals surface area (Å²) in [6.07, 6.45) is -0.621. The second kappa shape index (κ2) is 21.9. The highest BCUT2D eigenvalue weighted by molar-refractivity contribution is 6.03. The van der Waals surface area contributed by atoms with Gasteiger partial charge >= 0.3 is 6.09 Å². The van der Waals surface area contributed by atoms with E-state index in [1.165, 1.54) is 4.90 Å². The molecule has 5 N–H and O–H groups in total. The maximum Gasteiger partial charge on any atom is 0.407 e. The molecule has 2 rings (SSSR count). The van der Waals surface area contributed by atoms with E-state index in [2.05, 4.69) is 26.6 Å². The first kappa shape index (κ1) is 41.3. The van der Waals surface area contributed by atoms with Crippen molar-refractivity contribution in [2.75, 3.05) is 59.3 Å². The van der Waals surface area contributed by atoms with Crippen molar-refractivity contribution in [2.45, 2.75) is 46.6 Å². The fraction of sp³-hybridized carbons (Fsp3) is 0.576. The summed E-state index contributed by atoms with van der Waals surface area (Å²) < 4.78 is 15.4. The Balaban J connectivity index is 1.67. The first-order valence-electron chi connectivity index (χ1n) is 16.4. The largest absolute Gasteiger partial charge is 0.447 e. The van der Waals surface area contributed by atoms with Crippen molar-refractivity contribution in [3.8, 4) is 0 Å². The van der Waals surface area contributed by atoms with Crippen molar-refractivity contribution in [2.24, 2.45) is 17.8 Å². The number of alkyl carbamates (subject to hydrolysis) is 1. The number of ketones is 1. The minimum atomic E-state index is -1.09. The van der Waals surface area contributed by atoms with Crippen LogP contribution >= 0.6 is 0 Å². The first-order valence-corrected chi connectivity index (χ1v) is 16.4. The average Bonchev–Trinajstić information content (AvgIpc) is 3.37. The SMILES string of the molecule is CC(C)C(=O)COCNC(=O)CNC(=O)C(Cc1ccccc1)NC(=O)CNC(=O)CNC(=O)OCCOCCN1C(=O)CC(C(C)C)C1=O. The quantitative estimate of drug-likeness (QED) is 0.0561. The molecule has 50 heavy (non-hydrogen) atoms. The lowest BCUT2D eigenvalue weighted by molar-refractivity contribution is -0.140. The Hall–Kier alpha value is -4.90. The molecule has 1 aliphatic rings. The van der Waals surface area contributed by atoms with Crippen molar-refractivity contribution in [1.29, 1.82) is 0 Å². The molecule has 2 atom stereocenters. The number of hydrogen-bond acceptors (Lipinski definition) is 11. The summed E-state index contributed by atoms with van der Waals surface area (Å²) in [6.45, 7) is 5.49. The number of nitrogens with zero attached hydrogens (tertiary/aromatic N) is 1. The molecule has 1 aromatic rings. The minimum Gasteiger partial charge on any atom is -0.447 e. The van der Waals surface area contributed by atoms with E-state index in [-0.39, 0.29) is 87.9 Å². The fourth-order valence-electron chi connectivity index (χ4n) is 4.47. The molecule has 1 saturated heterocycles. The van der Waals surface area contributed by atoms with E-state index in [0.717, 1.165) is 5.56 Å². The average molecular weight is 705 g/mol. The Kier molecular flexibility index (Phi) is 18.1. The lowest BCUT2D eigenvalue weighted by Gasteiger charge is -2.19. The topological polar surface area (TPSA) is 228 Å². The van der Waals surface area contributed by atoms with E-state index >= 15 is 0 Å². The second-order valence-electron chi connectivity index (χ2n) is 12.1. The van der Waals surface area contributed by atoms with Gasteiger partial charge in [0.05, 0.1) is 32.8 Å². The number of hydrogen-bond donors (Lipinski definition) is 5. The second-order valence-corrected chi connectivity index (χ2v) is 12.1. The zero-order valence-electron chi connectivity index (χ0n) is 28.9. The van der Waals surface area contributed by atoms with Gasteiger partial charge in [-0.05, 0) is 11.5 Å². The molecule has 1 heterocycles. The molecule has 17 nitrogen and oxygen atoms in total. The molecular weight excluding hydrogens is 656 g/mol. The van der Waals surface area contributed by atoms with Crippen LogP contribution in [0.25, 0.3) is 0 Å². The highest BCUT2D eigenvalue weighted by atomic mass is 16.6. The van der Waals surface area contributed by atoms with Gasteiger partial charge in [0, 0.05) is 24.7 Å². The molecule has 2 unspecified atom stereocenters. The molecule has 7 amide bonds. The van der Waals surface area contributed by atoms with Crippen LogP contribution in [0.5, 0.6) is 0 Å². The molecule has 276 valence electrons. The summed E-state index contributed by atoms with van der Waals surface area (Å²) in [7, 11) is 0. The smallest absolute Gasteiger partial charge is 0.407 e. The normalized spacial score (nSPS) is 14.7. The van der Waals surface area contributed by atoms with Crippen LogP contribution in [0.1, 0.15) is 39.7 Å². The molecule has 0 spiro atoms. The van der Waals surface area contributed by atoms with Crippen LogP contribution in [0.4, 0.5) is 4.79 Å². The van der Waals surface area contributed by atoms with Gasteiger partial charge in [-0.1, -0.05) is 58.0 Å². The number of amides is 7. The van der Waals surface area contributed by atoms with Crippen LogP contribution in [-0.4, -0.2) is 118 Å². The van der Waals surface area contributed by atoms with E-state index < -0.39 is 55.4 Å². The van der Waals surface area contributed by atoms with Crippen LogP contribution in [-0.2, 0) is 54.2 Å². The van der Waals surface area contributed by atoms with Gasteiger partial charge in [-0.25, -0.2) is 4.79 Å². The number of imide groups is 1. The molecule has 0 aromatic heterocycles. The first-order chi connectivity index (χ1) is 23.8. The third kappa shape index (κ3) is 15.5. The Bertz CT molecular complexity index is 1340. The van der Waals surface area contributed by atoms with Gasteiger partial charge in [0.1, 0.15) is 32.5 Å². The number of carbonyl (C=O) groups is 8. The molecule has 0 bridgehead atoms. The van der Waals surface area contributed by atoms with Gasteiger partial charge in [0.2, 0.25) is 35.4 Å². The Labute approximate surface area is 290 Å². The van der Waals surface area contributed by atoms with Crippen molar-refractivity contribution < 1.29 is 52.6 Å². The van der Waals surface area contributed by atoms with E-state index in [1.807, 2.05) is 13.8 Å². The third-order valence-corrected chi connectivity index (χ3v) is 7.46. The van der Waals surface area contributed by atoms with Crippen molar-refractivity contribution >= 4 is 47.3 Å².